The molecular formula is C16H22N2. The van der Waals surface area contributed by atoms with Crippen LogP contribution in [0.15, 0.2) is 18.2 Å². The van der Waals surface area contributed by atoms with Crippen molar-refractivity contribution in [3.05, 3.63) is 29.3 Å². The molecule has 18 heavy (non-hydrogen) atoms. The Morgan fingerprint density at radius 2 is 2.00 bits per heavy atom. The van der Waals surface area contributed by atoms with Crippen molar-refractivity contribution >= 4 is 5.69 Å². The minimum atomic E-state index is 0.691. The lowest BCUT2D eigenvalue weighted by Gasteiger charge is -2.35. The van der Waals surface area contributed by atoms with E-state index in [4.69, 9.17) is 5.26 Å². The van der Waals surface area contributed by atoms with Gasteiger partial charge in [0.1, 0.15) is 0 Å². The highest BCUT2D eigenvalue weighted by atomic mass is 15.2. The smallest absolute Gasteiger partial charge is 0.0994 e. The van der Waals surface area contributed by atoms with Gasteiger partial charge >= 0.3 is 0 Å². The van der Waals surface area contributed by atoms with Gasteiger partial charge in [0.05, 0.1) is 11.6 Å². The molecule has 0 unspecified atom stereocenters. The van der Waals surface area contributed by atoms with Crippen molar-refractivity contribution in [1.82, 2.24) is 0 Å². The van der Waals surface area contributed by atoms with Gasteiger partial charge in [-0.25, -0.2) is 0 Å². The number of rotatable bonds is 3. The highest BCUT2D eigenvalue weighted by Crippen LogP contribution is 2.28. The third kappa shape index (κ3) is 2.67. The van der Waals surface area contributed by atoms with Gasteiger partial charge in [0.15, 0.2) is 0 Å². The molecule has 96 valence electrons. The molecule has 1 aromatic carbocycles. The largest absolute Gasteiger partial charge is 0.369 e. The monoisotopic (exact) mass is 242 g/mol. The first-order chi connectivity index (χ1) is 8.76. The first kappa shape index (κ1) is 13.0. The van der Waals surface area contributed by atoms with Gasteiger partial charge in [-0.15, -0.1) is 0 Å². The Hall–Kier alpha value is -1.49. The molecule has 1 fully saturated rings. The maximum atomic E-state index is 8.99. The minimum absolute atomic E-state index is 0.691. The van der Waals surface area contributed by atoms with Gasteiger partial charge in [-0.2, -0.15) is 5.26 Å². The molecule has 0 saturated heterocycles. The highest BCUT2D eigenvalue weighted by molar-refractivity contribution is 5.54. The van der Waals surface area contributed by atoms with Crippen LogP contribution in [0.3, 0.4) is 0 Å². The lowest BCUT2D eigenvalue weighted by atomic mass is 9.93. The zero-order valence-corrected chi connectivity index (χ0v) is 11.4. The summed E-state index contributed by atoms with van der Waals surface area (Å²) >= 11 is 0. The predicted molar refractivity (Wildman–Crippen MR) is 75.8 cm³/mol. The fourth-order valence-electron chi connectivity index (χ4n) is 3.00. The van der Waals surface area contributed by atoms with Crippen molar-refractivity contribution in [2.24, 2.45) is 0 Å². The Morgan fingerprint density at radius 1 is 1.28 bits per heavy atom. The minimum Gasteiger partial charge on any atom is -0.369 e. The first-order valence-electron chi connectivity index (χ1n) is 7.03. The van der Waals surface area contributed by atoms with Gasteiger partial charge < -0.3 is 4.90 Å². The average Bonchev–Trinajstić information content (AvgIpc) is 2.41. The van der Waals surface area contributed by atoms with Crippen LogP contribution in [-0.4, -0.2) is 12.6 Å². The molecule has 1 aliphatic rings. The van der Waals surface area contributed by atoms with Gasteiger partial charge in [0, 0.05) is 18.3 Å². The topological polar surface area (TPSA) is 27.0 Å². The number of hydrogen-bond donors (Lipinski definition) is 0. The van der Waals surface area contributed by atoms with Crippen LogP contribution in [0.2, 0.25) is 0 Å². The Kier molecular flexibility index (Phi) is 4.25. The summed E-state index contributed by atoms with van der Waals surface area (Å²) in [6, 6.07) is 9.15. The Morgan fingerprint density at radius 3 is 2.56 bits per heavy atom. The standard InChI is InChI=1S/C16H22N2/c1-3-18(15-7-5-4-6-8-15)16-10-9-14(12-17)13(2)11-16/h9-11,15H,3-8H2,1-2H3. The van der Waals surface area contributed by atoms with Gasteiger partial charge in [-0.05, 0) is 50.5 Å². The Balaban J connectivity index is 2.21. The zero-order valence-electron chi connectivity index (χ0n) is 11.4. The van der Waals surface area contributed by atoms with E-state index in [1.165, 1.54) is 37.8 Å². The molecule has 1 aliphatic carbocycles. The molecule has 0 heterocycles. The van der Waals surface area contributed by atoms with E-state index in [-0.39, 0.29) is 0 Å². The van der Waals surface area contributed by atoms with Gasteiger partial charge in [0.25, 0.3) is 0 Å². The molecule has 0 radical (unpaired) electrons. The molecule has 0 aromatic heterocycles. The van der Waals surface area contributed by atoms with E-state index in [1.807, 2.05) is 13.0 Å². The fourth-order valence-corrected chi connectivity index (χ4v) is 3.00. The first-order valence-corrected chi connectivity index (χ1v) is 7.03. The molecule has 0 aliphatic heterocycles. The summed E-state index contributed by atoms with van der Waals surface area (Å²) in [5.41, 5.74) is 3.16. The van der Waals surface area contributed by atoms with E-state index in [9.17, 15) is 0 Å². The van der Waals surface area contributed by atoms with Gasteiger partial charge in [-0.1, -0.05) is 19.3 Å². The number of aryl methyl sites for hydroxylation is 1. The summed E-state index contributed by atoms with van der Waals surface area (Å²) in [6.45, 7) is 5.30. The third-order valence-electron chi connectivity index (χ3n) is 4.02. The van der Waals surface area contributed by atoms with E-state index < -0.39 is 0 Å². The fraction of sp³-hybridized carbons (Fsp3) is 0.562. The summed E-state index contributed by atoms with van der Waals surface area (Å²) in [5.74, 6) is 0. The molecular weight excluding hydrogens is 220 g/mol. The number of nitrogens with zero attached hydrogens (tertiary/aromatic N) is 2. The van der Waals surface area contributed by atoms with E-state index in [2.05, 4.69) is 30.0 Å². The normalized spacial score (nSPS) is 16.3. The van der Waals surface area contributed by atoms with Crippen LogP contribution in [0, 0.1) is 18.3 Å². The molecule has 2 heteroatoms. The summed E-state index contributed by atoms with van der Waals surface area (Å²) < 4.78 is 0. The molecule has 1 saturated carbocycles. The van der Waals surface area contributed by atoms with E-state index in [1.54, 1.807) is 0 Å². The lowest BCUT2D eigenvalue weighted by molar-refractivity contribution is 0.418. The van der Waals surface area contributed by atoms with Crippen molar-refractivity contribution in [3.63, 3.8) is 0 Å². The highest BCUT2D eigenvalue weighted by Gasteiger charge is 2.20. The molecule has 2 nitrogen and oxygen atoms in total. The SMILES string of the molecule is CCN(c1ccc(C#N)c(C)c1)C1CCCCC1. The molecule has 0 amide bonds. The third-order valence-corrected chi connectivity index (χ3v) is 4.02. The molecule has 0 atom stereocenters. The molecule has 0 bridgehead atoms. The number of nitriles is 1. The Labute approximate surface area is 110 Å². The molecule has 2 rings (SSSR count). The van der Waals surface area contributed by atoms with Crippen molar-refractivity contribution in [3.8, 4) is 6.07 Å². The number of hydrogen-bond acceptors (Lipinski definition) is 2. The summed E-state index contributed by atoms with van der Waals surface area (Å²) in [4.78, 5) is 2.51. The van der Waals surface area contributed by atoms with Crippen molar-refractivity contribution < 1.29 is 0 Å². The van der Waals surface area contributed by atoms with Crippen molar-refractivity contribution in [1.29, 1.82) is 5.26 Å². The van der Waals surface area contributed by atoms with Crippen molar-refractivity contribution in [2.75, 3.05) is 11.4 Å². The molecule has 0 N–H and O–H groups in total. The molecule has 1 aromatic rings. The predicted octanol–water partition coefficient (Wildman–Crippen LogP) is 4.03. The van der Waals surface area contributed by atoms with Crippen LogP contribution < -0.4 is 4.90 Å². The van der Waals surface area contributed by atoms with Crippen LogP contribution >= 0.6 is 0 Å². The second-order valence-corrected chi connectivity index (χ2v) is 5.19. The maximum Gasteiger partial charge on any atom is 0.0994 e. The van der Waals surface area contributed by atoms with Crippen LogP contribution in [-0.2, 0) is 0 Å². The quantitative estimate of drug-likeness (QED) is 0.800. The van der Waals surface area contributed by atoms with Crippen molar-refractivity contribution in [2.45, 2.75) is 52.0 Å². The average molecular weight is 242 g/mol. The van der Waals surface area contributed by atoms with E-state index in [0.29, 0.717) is 6.04 Å². The van der Waals surface area contributed by atoms with Gasteiger partial charge in [0.2, 0.25) is 0 Å². The molecule has 0 spiro atoms. The van der Waals surface area contributed by atoms with Crippen LogP contribution in [0.25, 0.3) is 0 Å². The maximum absolute atomic E-state index is 8.99. The van der Waals surface area contributed by atoms with E-state index in [0.717, 1.165) is 17.7 Å². The van der Waals surface area contributed by atoms with Gasteiger partial charge in [-0.3, -0.25) is 0 Å². The second kappa shape index (κ2) is 5.91. The van der Waals surface area contributed by atoms with E-state index >= 15 is 0 Å². The van der Waals surface area contributed by atoms with Crippen LogP contribution in [0.1, 0.15) is 50.2 Å². The lowest BCUT2D eigenvalue weighted by Crippen LogP contribution is -2.36. The van der Waals surface area contributed by atoms with Crippen LogP contribution in [0.5, 0.6) is 0 Å². The Bertz CT molecular complexity index is 439. The van der Waals surface area contributed by atoms with Crippen LogP contribution in [0.4, 0.5) is 5.69 Å². The second-order valence-electron chi connectivity index (χ2n) is 5.19. The summed E-state index contributed by atoms with van der Waals surface area (Å²) in [5, 5.41) is 8.99. The zero-order chi connectivity index (χ0) is 13.0. The summed E-state index contributed by atoms with van der Waals surface area (Å²) in [6.07, 6.45) is 6.73. The number of anilines is 1. The summed E-state index contributed by atoms with van der Waals surface area (Å²) in [7, 11) is 0. The number of benzene rings is 1.